The summed E-state index contributed by atoms with van der Waals surface area (Å²) < 4.78 is 38.0. The Bertz CT molecular complexity index is 480. The topological polar surface area (TPSA) is 55.1 Å². The van der Waals surface area contributed by atoms with Crippen LogP contribution in [0.4, 0.5) is 18.9 Å². The first-order valence-corrected chi connectivity index (χ1v) is 6.35. The van der Waals surface area contributed by atoms with Gasteiger partial charge in [0.1, 0.15) is 0 Å². The van der Waals surface area contributed by atoms with Crippen molar-refractivity contribution in [2.24, 2.45) is 11.7 Å². The normalized spacial score (nSPS) is 12.8. The van der Waals surface area contributed by atoms with Crippen molar-refractivity contribution in [1.82, 2.24) is 0 Å². The van der Waals surface area contributed by atoms with E-state index in [1.165, 1.54) is 12.1 Å². The van der Waals surface area contributed by atoms with Crippen LogP contribution in [0.3, 0.4) is 0 Å². The molecular weight excluding hydrogens is 360 g/mol. The molecule has 0 radical (unpaired) electrons. The first-order valence-electron chi connectivity index (χ1n) is 5.56. The summed E-state index contributed by atoms with van der Waals surface area (Å²) in [6, 6.07) is 2.72. The van der Waals surface area contributed by atoms with Crippen molar-refractivity contribution < 1.29 is 18.0 Å². The summed E-state index contributed by atoms with van der Waals surface area (Å²) in [5, 5.41) is 2.38. The molecule has 0 saturated carbocycles. The van der Waals surface area contributed by atoms with Crippen molar-refractivity contribution >= 4 is 39.9 Å². The van der Waals surface area contributed by atoms with Gasteiger partial charge in [0.05, 0.1) is 11.6 Å². The average molecular weight is 376 g/mol. The lowest BCUT2D eigenvalue weighted by atomic mass is 10.0. The average Bonchev–Trinajstić information content (AvgIpc) is 2.28. The minimum Gasteiger partial charge on any atom is -0.325 e. The Labute approximate surface area is 129 Å². The predicted molar refractivity (Wildman–Crippen MR) is 77.8 cm³/mol. The maximum absolute atomic E-state index is 12.7. The summed E-state index contributed by atoms with van der Waals surface area (Å²) >= 11 is 2.83. The van der Waals surface area contributed by atoms with E-state index in [-0.39, 0.29) is 28.5 Å². The molecule has 1 atom stereocenters. The van der Waals surface area contributed by atoms with E-state index in [1.807, 2.05) is 0 Å². The molecular formula is C12H15BrClF3N2O. The van der Waals surface area contributed by atoms with Crippen LogP contribution < -0.4 is 11.1 Å². The third-order valence-electron chi connectivity index (χ3n) is 2.56. The molecule has 0 aliphatic carbocycles. The summed E-state index contributed by atoms with van der Waals surface area (Å²) in [5.41, 5.74) is 4.84. The number of nitrogens with one attached hydrogen (secondary N) is 1. The van der Waals surface area contributed by atoms with Gasteiger partial charge in [-0.2, -0.15) is 13.2 Å². The number of alkyl halides is 3. The second-order valence-corrected chi connectivity index (χ2v) is 5.31. The molecule has 114 valence electrons. The molecule has 0 fully saturated rings. The van der Waals surface area contributed by atoms with E-state index in [0.717, 1.165) is 6.07 Å². The first-order chi connectivity index (χ1) is 8.62. The highest BCUT2D eigenvalue weighted by atomic mass is 79.9. The van der Waals surface area contributed by atoms with Crippen molar-refractivity contribution in [3.63, 3.8) is 0 Å². The molecule has 1 amide bonds. The fraction of sp³-hybridized carbons (Fsp3) is 0.417. The molecule has 1 aromatic rings. The van der Waals surface area contributed by atoms with E-state index >= 15 is 0 Å². The van der Waals surface area contributed by atoms with Crippen LogP contribution in [0.15, 0.2) is 22.7 Å². The number of carbonyl (C=O) groups is 1. The molecule has 0 spiro atoms. The molecule has 0 aliphatic heterocycles. The van der Waals surface area contributed by atoms with Gasteiger partial charge in [0.2, 0.25) is 5.91 Å². The maximum Gasteiger partial charge on any atom is 0.417 e. The van der Waals surface area contributed by atoms with Crippen LogP contribution in [0.5, 0.6) is 0 Å². The van der Waals surface area contributed by atoms with Crippen molar-refractivity contribution in [2.75, 3.05) is 5.32 Å². The minimum absolute atomic E-state index is 0. The lowest BCUT2D eigenvalue weighted by Gasteiger charge is -2.16. The Kier molecular flexibility index (Phi) is 7.00. The molecule has 0 aromatic heterocycles. The zero-order valence-electron chi connectivity index (χ0n) is 10.8. The van der Waals surface area contributed by atoms with Crippen LogP contribution in [0.25, 0.3) is 0 Å². The van der Waals surface area contributed by atoms with Gasteiger partial charge < -0.3 is 11.1 Å². The van der Waals surface area contributed by atoms with E-state index < -0.39 is 23.7 Å². The fourth-order valence-corrected chi connectivity index (χ4v) is 1.82. The Morgan fingerprint density at radius 1 is 1.35 bits per heavy atom. The standard InChI is InChI=1S/C12H14BrF3N2O.ClH/c1-6(2)10(17)11(19)18-7-3-4-9(13)8(5-7)12(14,15)16;/h3-6,10H,17H2,1-2H3,(H,18,19);1H. The van der Waals surface area contributed by atoms with Gasteiger partial charge in [-0.05, 0) is 24.1 Å². The molecule has 0 saturated heterocycles. The Balaban J connectivity index is 0.00000361. The van der Waals surface area contributed by atoms with E-state index in [9.17, 15) is 18.0 Å². The minimum atomic E-state index is -4.49. The van der Waals surface area contributed by atoms with Gasteiger partial charge in [-0.3, -0.25) is 4.79 Å². The lowest BCUT2D eigenvalue weighted by Crippen LogP contribution is -2.39. The van der Waals surface area contributed by atoms with Crippen LogP contribution in [0, 0.1) is 5.92 Å². The van der Waals surface area contributed by atoms with E-state index in [0.29, 0.717) is 0 Å². The Hall–Kier alpha value is -0.790. The van der Waals surface area contributed by atoms with Crippen molar-refractivity contribution in [1.29, 1.82) is 0 Å². The summed E-state index contributed by atoms with van der Waals surface area (Å²) in [6.07, 6.45) is -4.49. The van der Waals surface area contributed by atoms with Gasteiger partial charge in [0.25, 0.3) is 0 Å². The number of benzene rings is 1. The summed E-state index contributed by atoms with van der Waals surface area (Å²) in [7, 11) is 0. The largest absolute Gasteiger partial charge is 0.417 e. The zero-order chi connectivity index (χ0) is 14.8. The van der Waals surface area contributed by atoms with Gasteiger partial charge in [-0.15, -0.1) is 12.4 Å². The molecule has 3 N–H and O–H groups in total. The highest BCUT2D eigenvalue weighted by Gasteiger charge is 2.33. The number of halogens is 5. The van der Waals surface area contributed by atoms with Crippen molar-refractivity contribution in [3.8, 4) is 0 Å². The van der Waals surface area contributed by atoms with Crippen LogP contribution in [-0.2, 0) is 11.0 Å². The van der Waals surface area contributed by atoms with Crippen molar-refractivity contribution in [2.45, 2.75) is 26.1 Å². The second kappa shape index (κ2) is 7.28. The van der Waals surface area contributed by atoms with E-state index in [2.05, 4.69) is 21.2 Å². The molecule has 0 heterocycles. The third-order valence-corrected chi connectivity index (χ3v) is 3.25. The summed E-state index contributed by atoms with van der Waals surface area (Å²) in [4.78, 5) is 11.7. The first kappa shape index (κ1) is 19.2. The van der Waals surface area contributed by atoms with Crippen LogP contribution in [0.2, 0.25) is 0 Å². The molecule has 1 aromatic carbocycles. The second-order valence-electron chi connectivity index (χ2n) is 4.45. The molecule has 0 bridgehead atoms. The molecule has 8 heteroatoms. The Morgan fingerprint density at radius 2 is 1.90 bits per heavy atom. The number of hydrogen-bond acceptors (Lipinski definition) is 2. The van der Waals surface area contributed by atoms with Crippen molar-refractivity contribution in [3.05, 3.63) is 28.2 Å². The quantitative estimate of drug-likeness (QED) is 0.844. The number of carbonyl (C=O) groups excluding carboxylic acids is 1. The predicted octanol–water partition coefficient (Wildman–Crippen LogP) is 3.81. The summed E-state index contributed by atoms with van der Waals surface area (Å²) in [6.45, 7) is 3.51. The van der Waals surface area contributed by atoms with Gasteiger partial charge in [-0.1, -0.05) is 29.8 Å². The number of nitrogens with two attached hydrogens (primary N) is 1. The van der Waals surface area contributed by atoms with Gasteiger partial charge in [-0.25, -0.2) is 0 Å². The van der Waals surface area contributed by atoms with E-state index in [4.69, 9.17) is 5.73 Å². The monoisotopic (exact) mass is 374 g/mol. The van der Waals surface area contributed by atoms with Gasteiger partial charge >= 0.3 is 6.18 Å². The summed E-state index contributed by atoms with van der Waals surface area (Å²) in [5.74, 6) is -0.608. The highest BCUT2D eigenvalue weighted by molar-refractivity contribution is 9.10. The number of rotatable bonds is 3. The molecule has 20 heavy (non-hydrogen) atoms. The molecule has 0 aliphatic rings. The van der Waals surface area contributed by atoms with E-state index in [1.54, 1.807) is 13.8 Å². The highest BCUT2D eigenvalue weighted by Crippen LogP contribution is 2.36. The third kappa shape index (κ3) is 4.96. The number of anilines is 1. The zero-order valence-corrected chi connectivity index (χ0v) is 13.2. The maximum atomic E-state index is 12.7. The van der Waals surface area contributed by atoms with Gasteiger partial charge in [0, 0.05) is 10.2 Å². The fourth-order valence-electron chi connectivity index (χ4n) is 1.35. The molecule has 1 unspecified atom stereocenters. The van der Waals surface area contributed by atoms with Crippen LogP contribution in [-0.4, -0.2) is 11.9 Å². The molecule has 1 rings (SSSR count). The van der Waals surface area contributed by atoms with Crippen LogP contribution in [0.1, 0.15) is 19.4 Å². The molecule has 3 nitrogen and oxygen atoms in total. The van der Waals surface area contributed by atoms with Crippen LogP contribution >= 0.6 is 28.3 Å². The lowest BCUT2D eigenvalue weighted by molar-refractivity contribution is -0.138. The SMILES string of the molecule is CC(C)C(N)C(=O)Nc1ccc(Br)c(C(F)(F)F)c1.Cl. The van der Waals surface area contributed by atoms with Gasteiger partial charge in [0.15, 0.2) is 0 Å². The smallest absolute Gasteiger partial charge is 0.325 e. The number of hydrogen-bond donors (Lipinski definition) is 2. The Morgan fingerprint density at radius 3 is 2.35 bits per heavy atom. The number of amides is 1.